The Hall–Kier alpha value is -3.62. The molecule has 0 saturated carbocycles. The Bertz CT molecular complexity index is 1320. The molecule has 0 unspecified atom stereocenters. The molecule has 6 rings (SSSR count). The van der Waals surface area contributed by atoms with Crippen molar-refractivity contribution < 1.29 is 4.74 Å². The standard InChI is InChI=1S/C30H35N7O/c1-2-37-22-27(30(34-37)24-4-3-12-31-21-24)28-9-13-32-29(33-28)20-23-5-7-25(8-6-23)35-14-16-36(17-15-35)26-10-18-38-19-11-26/h3-9,12-13,21-22,26H,2,10-11,14-20H2,1H3. The molecular weight excluding hydrogens is 474 g/mol. The highest BCUT2D eigenvalue weighted by molar-refractivity contribution is 5.78. The third-order valence-corrected chi connectivity index (χ3v) is 7.69. The van der Waals surface area contributed by atoms with Crippen LogP contribution < -0.4 is 4.90 Å². The van der Waals surface area contributed by atoms with Gasteiger partial charge in [-0.05, 0) is 55.7 Å². The quantitative estimate of drug-likeness (QED) is 0.368. The second-order valence-corrected chi connectivity index (χ2v) is 10.1. The lowest BCUT2D eigenvalue weighted by Crippen LogP contribution is -2.51. The van der Waals surface area contributed by atoms with Gasteiger partial charge in [-0.25, -0.2) is 9.97 Å². The molecule has 3 aromatic heterocycles. The lowest BCUT2D eigenvalue weighted by molar-refractivity contribution is 0.0321. The second-order valence-electron chi connectivity index (χ2n) is 10.1. The average Bonchev–Trinajstić information content (AvgIpc) is 3.44. The molecule has 2 fully saturated rings. The number of benzene rings is 1. The van der Waals surface area contributed by atoms with Crippen molar-refractivity contribution in [3.05, 3.63) is 78.6 Å². The summed E-state index contributed by atoms with van der Waals surface area (Å²) in [4.78, 5) is 18.9. The van der Waals surface area contributed by atoms with Crippen molar-refractivity contribution in [3.8, 4) is 22.5 Å². The Morgan fingerprint density at radius 2 is 1.76 bits per heavy atom. The van der Waals surface area contributed by atoms with Gasteiger partial charge < -0.3 is 9.64 Å². The van der Waals surface area contributed by atoms with Crippen LogP contribution in [-0.2, 0) is 17.7 Å². The van der Waals surface area contributed by atoms with Crippen LogP contribution in [0.1, 0.15) is 31.2 Å². The maximum Gasteiger partial charge on any atom is 0.133 e. The van der Waals surface area contributed by atoms with Gasteiger partial charge in [0.2, 0.25) is 0 Å². The second kappa shape index (κ2) is 11.4. The molecule has 196 valence electrons. The van der Waals surface area contributed by atoms with Crippen molar-refractivity contribution in [2.24, 2.45) is 0 Å². The summed E-state index contributed by atoms with van der Waals surface area (Å²) in [5.74, 6) is 0.807. The molecule has 2 aliphatic heterocycles. The van der Waals surface area contributed by atoms with E-state index in [-0.39, 0.29) is 0 Å². The highest BCUT2D eigenvalue weighted by Gasteiger charge is 2.25. The fraction of sp³-hybridized carbons (Fsp3) is 0.400. The number of piperazine rings is 1. The molecular formula is C30H35N7O. The maximum atomic E-state index is 5.54. The molecule has 0 amide bonds. The third kappa shape index (κ3) is 5.47. The van der Waals surface area contributed by atoms with E-state index in [1.54, 1.807) is 6.20 Å². The van der Waals surface area contributed by atoms with Crippen molar-refractivity contribution >= 4 is 5.69 Å². The van der Waals surface area contributed by atoms with Gasteiger partial charge in [0.15, 0.2) is 0 Å². The predicted octanol–water partition coefficient (Wildman–Crippen LogP) is 4.31. The molecule has 8 nitrogen and oxygen atoms in total. The number of rotatable bonds is 7. The Morgan fingerprint density at radius 1 is 0.947 bits per heavy atom. The Kier molecular flexibility index (Phi) is 7.42. The number of aromatic nitrogens is 5. The summed E-state index contributed by atoms with van der Waals surface area (Å²) in [6, 6.07) is 15.5. The molecule has 0 bridgehead atoms. The van der Waals surface area contributed by atoms with E-state index in [0.29, 0.717) is 12.5 Å². The van der Waals surface area contributed by atoms with Gasteiger partial charge in [0.1, 0.15) is 11.5 Å². The van der Waals surface area contributed by atoms with E-state index in [9.17, 15) is 0 Å². The van der Waals surface area contributed by atoms with Crippen molar-refractivity contribution in [1.82, 2.24) is 29.6 Å². The van der Waals surface area contributed by atoms with Crippen molar-refractivity contribution in [2.45, 2.75) is 38.8 Å². The third-order valence-electron chi connectivity index (χ3n) is 7.69. The van der Waals surface area contributed by atoms with Crippen LogP contribution in [0, 0.1) is 0 Å². The van der Waals surface area contributed by atoms with Gasteiger partial charge in [0, 0.05) is 100 Å². The van der Waals surface area contributed by atoms with Crippen molar-refractivity contribution in [3.63, 3.8) is 0 Å². The monoisotopic (exact) mass is 509 g/mol. The normalized spacial score (nSPS) is 17.1. The molecule has 2 saturated heterocycles. The zero-order chi connectivity index (χ0) is 25.7. The molecule has 1 aromatic carbocycles. The van der Waals surface area contributed by atoms with E-state index in [1.807, 2.05) is 35.3 Å². The Balaban J connectivity index is 1.13. The van der Waals surface area contributed by atoms with Crippen molar-refractivity contribution in [1.29, 1.82) is 0 Å². The predicted molar refractivity (Wildman–Crippen MR) is 149 cm³/mol. The zero-order valence-corrected chi connectivity index (χ0v) is 22.0. The average molecular weight is 510 g/mol. The topological polar surface area (TPSA) is 72.2 Å². The molecule has 38 heavy (non-hydrogen) atoms. The first-order chi connectivity index (χ1) is 18.8. The van der Waals surface area contributed by atoms with E-state index in [2.05, 4.69) is 57.2 Å². The summed E-state index contributed by atoms with van der Waals surface area (Å²) in [5, 5.41) is 4.78. The number of hydrogen-bond acceptors (Lipinski definition) is 7. The fourth-order valence-corrected chi connectivity index (χ4v) is 5.52. The molecule has 5 heterocycles. The summed E-state index contributed by atoms with van der Waals surface area (Å²) < 4.78 is 7.49. The summed E-state index contributed by atoms with van der Waals surface area (Å²) >= 11 is 0. The number of pyridine rings is 1. The van der Waals surface area contributed by atoms with Crippen LogP contribution >= 0.6 is 0 Å². The largest absolute Gasteiger partial charge is 0.381 e. The van der Waals surface area contributed by atoms with Crippen LogP contribution in [0.25, 0.3) is 22.5 Å². The first-order valence-electron chi connectivity index (χ1n) is 13.7. The smallest absolute Gasteiger partial charge is 0.133 e. The maximum absolute atomic E-state index is 5.54. The SMILES string of the molecule is CCn1cc(-c2ccnc(Cc3ccc(N4CCN(C5CCOCC5)CC4)cc3)n2)c(-c2cccnc2)n1. The summed E-state index contributed by atoms with van der Waals surface area (Å²) in [5.41, 5.74) is 6.27. The van der Waals surface area contributed by atoms with E-state index >= 15 is 0 Å². The molecule has 0 atom stereocenters. The number of anilines is 1. The molecule has 8 heteroatoms. The molecule has 0 spiro atoms. The van der Waals surface area contributed by atoms with E-state index in [4.69, 9.17) is 14.8 Å². The van der Waals surface area contributed by atoms with Crippen LogP contribution in [0.2, 0.25) is 0 Å². The molecule has 4 aromatic rings. The Morgan fingerprint density at radius 3 is 2.50 bits per heavy atom. The van der Waals surface area contributed by atoms with Gasteiger partial charge in [0.25, 0.3) is 0 Å². The van der Waals surface area contributed by atoms with Gasteiger partial charge in [-0.3, -0.25) is 14.6 Å². The van der Waals surface area contributed by atoms with Crippen molar-refractivity contribution in [2.75, 3.05) is 44.3 Å². The number of nitrogens with zero attached hydrogens (tertiary/aromatic N) is 7. The van der Waals surface area contributed by atoms with Gasteiger partial charge in [-0.2, -0.15) is 5.10 Å². The highest BCUT2D eigenvalue weighted by Crippen LogP contribution is 2.30. The molecule has 0 aliphatic carbocycles. The van der Waals surface area contributed by atoms with Crippen LogP contribution in [0.4, 0.5) is 5.69 Å². The first kappa shape index (κ1) is 24.7. The number of aryl methyl sites for hydroxylation is 1. The van der Waals surface area contributed by atoms with Crippen LogP contribution in [0.15, 0.2) is 67.3 Å². The number of hydrogen-bond donors (Lipinski definition) is 0. The Labute approximate surface area is 224 Å². The van der Waals surface area contributed by atoms with Crippen LogP contribution in [-0.4, -0.2) is 75.1 Å². The highest BCUT2D eigenvalue weighted by atomic mass is 16.5. The van der Waals surface area contributed by atoms with E-state index in [1.165, 1.54) is 24.1 Å². The minimum absolute atomic E-state index is 0.690. The molecule has 0 radical (unpaired) electrons. The summed E-state index contributed by atoms with van der Waals surface area (Å²) in [7, 11) is 0. The van der Waals surface area contributed by atoms with Gasteiger partial charge in [-0.1, -0.05) is 12.1 Å². The minimum Gasteiger partial charge on any atom is -0.381 e. The van der Waals surface area contributed by atoms with E-state index in [0.717, 1.165) is 74.3 Å². The van der Waals surface area contributed by atoms with Gasteiger partial charge in [-0.15, -0.1) is 0 Å². The zero-order valence-electron chi connectivity index (χ0n) is 22.0. The lowest BCUT2D eigenvalue weighted by Gasteiger charge is -2.41. The fourth-order valence-electron chi connectivity index (χ4n) is 5.52. The summed E-state index contributed by atoms with van der Waals surface area (Å²) in [6.07, 6.45) is 10.6. The van der Waals surface area contributed by atoms with E-state index < -0.39 is 0 Å². The summed E-state index contributed by atoms with van der Waals surface area (Å²) in [6.45, 7) is 9.11. The lowest BCUT2D eigenvalue weighted by atomic mass is 10.1. The molecule has 0 N–H and O–H groups in total. The minimum atomic E-state index is 0.690. The van der Waals surface area contributed by atoms with Gasteiger partial charge in [0.05, 0.1) is 5.69 Å². The van der Waals surface area contributed by atoms with Gasteiger partial charge >= 0.3 is 0 Å². The van der Waals surface area contributed by atoms with Crippen LogP contribution in [0.3, 0.4) is 0 Å². The first-order valence-corrected chi connectivity index (χ1v) is 13.7. The molecule has 2 aliphatic rings. The number of ether oxygens (including phenoxy) is 1. The van der Waals surface area contributed by atoms with Crippen LogP contribution in [0.5, 0.6) is 0 Å².